The van der Waals surface area contributed by atoms with Gasteiger partial charge >= 0.3 is 0 Å². The van der Waals surface area contributed by atoms with Gasteiger partial charge in [-0.15, -0.1) is 0 Å². The molecule has 1 aliphatic rings. The van der Waals surface area contributed by atoms with E-state index in [0.29, 0.717) is 19.2 Å². The highest BCUT2D eigenvalue weighted by molar-refractivity contribution is 5.77. The molecule has 0 spiro atoms. The van der Waals surface area contributed by atoms with Gasteiger partial charge in [0.05, 0.1) is 6.54 Å². The van der Waals surface area contributed by atoms with Crippen LogP contribution in [0.25, 0.3) is 0 Å². The fourth-order valence-electron chi connectivity index (χ4n) is 2.52. The van der Waals surface area contributed by atoms with Crippen molar-refractivity contribution in [2.24, 2.45) is 0 Å². The van der Waals surface area contributed by atoms with E-state index in [-0.39, 0.29) is 5.91 Å². The number of likely N-dealkylation sites (N-methyl/N-ethyl adjacent to an activating group) is 1. The summed E-state index contributed by atoms with van der Waals surface area (Å²) in [6, 6.07) is 0.610. The van der Waals surface area contributed by atoms with E-state index in [1.54, 1.807) is 4.90 Å². The van der Waals surface area contributed by atoms with Crippen LogP contribution >= 0.6 is 0 Å². The molecule has 0 aromatic heterocycles. The van der Waals surface area contributed by atoms with Crippen LogP contribution in [0.4, 0.5) is 0 Å². The molecule has 0 bridgehead atoms. The number of amides is 1. The SMILES string of the molecule is CN(C)C(=O)CN1CCC(NCCCCCCO)CC1. The summed E-state index contributed by atoms with van der Waals surface area (Å²) in [5.41, 5.74) is 0. The van der Waals surface area contributed by atoms with Crippen molar-refractivity contribution in [1.29, 1.82) is 0 Å². The van der Waals surface area contributed by atoms with Crippen molar-refractivity contribution in [3.05, 3.63) is 0 Å². The van der Waals surface area contributed by atoms with Gasteiger partial charge in [-0.1, -0.05) is 12.8 Å². The van der Waals surface area contributed by atoms with Crippen LogP contribution in [0.2, 0.25) is 0 Å². The van der Waals surface area contributed by atoms with Gasteiger partial charge in [-0.25, -0.2) is 0 Å². The summed E-state index contributed by atoms with van der Waals surface area (Å²) in [5.74, 6) is 0.195. The van der Waals surface area contributed by atoms with Gasteiger partial charge in [0.25, 0.3) is 0 Å². The van der Waals surface area contributed by atoms with Gasteiger partial charge in [0, 0.05) is 39.8 Å². The van der Waals surface area contributed by atoms with Crippen molar-refractivity contribution in [1.82, 2.24) is 15.1 Å². The van der Waals surface area contributed by atoms with Gasteiger partial charge in [-0.05, 0) is 32.2 Å². The molecule has 20 heavy (non-hydrogen) atoms. The minimum Gasteiger partial charge on any atom is -0.396 e. The first kappa shape index (κ1) is 17.4. The van der Waals surface area contributed by atoms with E-state index in [0.717, 1.165) is 45.3 Å². The van der Waals surface area contributed by atoms with E-state index < -0.39 is 0 Å². The highest BCUT2D eigenvalue weighted by Crippen LogP contribution is 2.10. The number of hydrogen-bond acceptors (Lipinski definition) is 4. The lowest BCUT2D eigenvalue weighted by atomic mass is 10.0. The molecule has 5 heteroatoms. The van der Waals surface area contributed by atoms with E-state index in [1.165, 1.54) is 12.8 Å². The van der Waals surface area contributed by atoms with Crippen molar-refractivity contribution < 1.29 is 9.90 Å². The number of rotatable bonds is 9. The van der Waals surface area contributed by atoms with Gasteiger partial charge in [0.15, 0.2) is 0 Å². The van der Waals surface area contributed by atoms with Crippen LogP contribution in [0.3, 0.4) is 0 Å². The largest absolute Gasteiger partial charge is 0.396 e. The Morgan fingerprint density at radius 1 is 1.20 bits per heavy atom. The van der Waals surface area contributed by atoms with Gasteiger partial charge < -0.3 is 15.3 Å². The molecule has 0 aliphatic carbocycles. The van der Waals surface area contributed by atoms with Crippen LogP contribution in [-0.4, -0.2) is 73.7 Å². The topological polar surface area (TPSA) is 55.8 Å². The lowest BCUT2D eigenvalue weighted by Gasteiger charge is -2.32. The second-order valence-corrected chi connectivity index (χ2v) is 5.93. The second-order valence-electron chi connectivity index (χ2n) is 5.93. The minimum atomic E-state index is 0.195. The Hall–Kier alpha value is -0.650. The molecule has 0 saturated carbocycles. The van der Waals surface area contributed by atoms with Crippen LogP contribution in [0.1, 0.15) is 38.5 Å². The Bertz CT molecular complexity index is 264. The Balaban J connectivity index is 2.03. The molecule has 1 aliphatic heterocycles. The third kappa shape index (κ3) is 7.22. The molecule has 1 saturated heterocycles. The zero-order valence-electron chi connectivity index (χ0n) is 13.1. The molecule has 2 N–H and O–H groups in total. The van der Waals surface area contributed by atoms with Crippen LogP contribution in [-0.2, 0) is 4.79 Å². The number of aliphatic hydroxyl groups excluding tert-OH is 1. The number of piperidine rings is 1. The summed E-state index contributed by atoms with van der Waals surface area (Å²) in [6.45, 7) is 3.98. The highest BCUT2D eigenvalue weighted by Gasteiger charge is 2.20. The smallest absolute Gasteiger partial charge is 0.236 e. The Morgan fingerprint density at radius 3 is 2.45 bits per heavy atom. The normalized spacial score (nSPS) is 17.4. The van der Waals surface area contributed by atoms with Crippen molar-refractivity contribution in [3.63, 3.8) is 0 Å². The maximum absolute atomic E-state index is 11.6. The number of carbonyl (C=O) groups excluding carboxylic acids is 1. The van der Waals surface area contributed by atoms with Gasteiger partial charge in [-0.2, -0.15) is 0 Å². The summed E-state index contributed by atoms with van der Waals surface area (Å²) in [7, 11) is 3.63. The molecule has 1 heterocycles. The first-order valence-electron chi connectivity index (χ1n) is 7.90. The first-order chi connectivity index (χ1) is 9.63. The second kappa shape index (κ2) is 10.1. The molecule has 0 aromatic carbocycles. The molecule has 0 unspecified atom stereocenters. The number of unbranched alkanes of at least 4 members (excludes halogenated alkanes) is 3. The third-order valence-corrected chi connectivity index (χ3v) is 3.96. The van der Waals surface area contributed by atoms with E-state index in [2.05, 4.69) is 10.2 Å². The van der Waals surface area contributed by atoms with Crippen LogP contribution in [0, 0.1) is 0 Å². The monoisotopic (exact) mass is 285 g/mol. The summed E-state index contributed by atoms with van der Waals surface area (Å²) >= 11 is 0. The van der Waals surface area contributed by atoms with Crippen LogP contribution < -0.4 is 5.32 Å². The van der Waals surface area contributed by atoms with E-state index >= 15 is 0 Å². The average Bonchev–Trinajstić information content (AvgIpc) is 2.44. The van der Waals surface area contributed by atoms with Crippen molar-refractivity contribution in [2.75, 3.05) is 46.9 Å². The lowest BCUT2D eigenvalue weighted by Crippen LogP contribution is -2.46. The van der Waals surface area contributed by atoms with Gasteiger partial charge in [0.1, 0.15) is 0 Å². The van der Waals surface area contributed by atoms with Crippen molar-refractivity contribution >= 4 is 5.91 Å². The highest BCUT2D eigenvalue weighted by atomic mass is 16.2. The van der Waals surface area contributed by atoms with Gasteiger partial charge in [-0.3, -0.25) is 9.69 Å². The molecule has 118 valence electrons. The number of aliphatic hydroxyl groups is 1. The Morgan fingerprint density at radius 2 is 1.85 bits per heavy atom. The summed E-state index contributed by atoms with van der Waals surface area (Å²) < 4.78 is 0. The number of likely N-dealkylation sites (tertiary alicyclic amines) is 1. The summed E-state index contributed by atoms with van der Waals surface area (Å²) in [4.78, 5) is 15.6. The minimum absolute atomic E-state index is 0.195. The van der Waals surface area contributed by atoms with Crippen molar-refractivity contribution in [3.8, 4) is 0 Å². The molecule has 0 atom stereocenters. The third-order valence-electron chi connectivity index (χ3n) is 3.96. The lowest BCUT2D eigenvalue weighted by molar-refractivity contribution is -0.130. The molecule has 5 nitrogen and oxygen atoms in total. The molecule has 0 aromatic rings. The maximum Gasteiger partial charge on any atom is 0.236 e. The fourth-order valence-corrected chi connectivity index (χ4v) is 2.52. The van der Waals surface area contributed by atoms with E-state index in [4.69, 9.17) is 5.11 Å². The molecular formula is C15H31N3O2. The zero-order valence-corrected chi connectivity index (χ0v) is 13.1. The van der Waals surface area contributed by atoms with E-state index in [1.807, 2.05) is 14.1 Å². The van der Waals surface area contributed by atoms with Crippen LogP contribution in [0.5, 0.6) is 0 Å². The quantitative estimate of drug-likeness (QED) is 0.612. The molecule has 1 fully saturated rings. The standard InChI is InChI=1S/C15H31N3O2/c1-17(2)15(20)13-18-10-7-14(8-11-18)16-9-5-3-4-6-12-19/h14,16,19H,3-13H2,1-2H3. The maximum atomic E-state index is 11.6. The molecular weight excluding hydrogens is 254 g/mol. The predicted octanol–water partition coefficient (Wildman–Crippen LogP) is 0.681. The number of carbonyl (C=O) groups is 1. The number of nitrogens with zero attached hydrogens (tertiary/aromatic N) is 2. The first-order valence-corrected chi connectivity index (χ1v) is 7.90. The van der Waals surface area contributed by atoms with Crippen molar-refractivity contribution in [2.45, 2.75) is 44.6 Å². The predicted molar refractivity (Wildman–Crippen MR) is 81.7 cm³/mol. The number of hydrogen-bond donors (Lipinski definition) is 2. The molecule has 1 amide bonds. The Labute approximate surface area is 123 Å². The zero-order chi connectivity index (χ0) is 14.8. The molecule has 0 radical (unpaired) electrons. The van der Waals surface area contributed by atoms with Crippen LogP contribution in [0.15, 0.2) is 0 Å². The Kier molecular flexibility index (Phi) is 8.82. The number of nitrogens with one attached hydrogen (secondary N) is 1. The molecule has 1 rings (SSSR count). The van der Waals surface area contributed by atoms with Gasteiger partial charge in [0.2, 0.25) is 5.91 Å². The fraction of sp³-hybridized carbons (Fsp3) is 0.933. The average molecular weight is 285 g/mol. The summed E-state index contributed by atoms with van der Waals surface area (Å²) in [6.07, 6.45) is 6.72. The summed E-state index contributed by atoms with van der Waals surface area (Å²) in [5, 5.41) is 12.3. The van der Waals surface area contributed by atoms with E-state index in [9.17, 15) is 4.79 Å².